The summed E-state index contributed by atoms with van der Waals surface area (Å²) in [6, 6.07) is 12.1. The number of sulfonamides is 1. The van der Waals surface area contributed by atoms with Crippen molar-refractivity contribution in [3.05, 3.63) is 63.6 Å². The van der Waals surface area contributed by atoms with Crippen LogP contribution in [0, 0.1) is 6.92 Å². The van der Waals surface area contributed by atoms with Crippen molar-refractivity contribution in [2.24, 2.45) is 0 Å². The van der Waals surface area contributed by atoms with E-state index < -0.39 is 15.9 Å². The fourth-order valence-corrected chi connectivity index (χ4v) is 4.08. The highest BCUT2D eigenvalue weighted by molar-refractivity contribution is 7.92. The van der Waals surface area contributed by atoms with Crippen LogP contribution in [0.25, 0.3) is 0 Å². The molecule has 27 heavy (non-hydrogen) atoms. The van der Waals surface area contributed by atoms with Gasteiger partial charge in [0.2, 0.25) is 15.9 Å². The molecule has 5 nitrogen and oxygen atoms in total. The number of anilines is 1. The van der Waals surface area contributed by atoms with Gasteiger partial charge in [-0.05, 0) is 37.1 Å². The normalized spacial score (nSPS) is 12.5. The van der Waals surface area contributed by atoms with Gasteiger partial charge >= 0.3 is 0 Å². The van der Waals surface area contributed by atoms with Gasteiger partial charge in [-0.15, -0.1) is 0 Å². The number of amides is 1. The maximum atomic E-state index is 12.6. The van der Waals surface area contributed by atoms with Crippen LogP contribution < -0.4 is 9.62 Å². The van der Waals surface area contributed by atoms with Crippen LogP contribution in [0.15, 0.2) is 42.5 Å². The molecular formula is C19H22Cl2N2O3S. The minimum atomic E-state index is -3.72. The van der Waals surface area contributed by atoms with Gasteiger partial charge in [-0.1, -0.05) is 60.0 Å². The van der Waals surface area contributed by atoms with Crippen LogP contribution in [0.4, 0.5) is 5.69 Å². The highest BCUT2D eigenvalue weighted by atomic mass is 35.5. The van der Waals surface area contributed by atoms with Gasteiger partial charge in [-0.3, -0.25) is 9.10 Å². The predicted octanol–water partition coefficient (Wildman–Crippen LogP) is 4.34. The molecule has 0 fully saturated rings. The molecule has 2 aromatic rings. The Bertz CT molecular complexity index is 915. The number of nitrogens with zero attached hydrogens (tertiary/aromatic N) is 1. The Morgan fingerprint density at radius 2 is 1.78 bits per heavy atom. The molecule has 1 amide bonds. The Labute approximate surface area is 170 Å². The van der Waals surface area contributed by atoms with E-state index in [0.717, 1.165) is 21.7 Å². The van der Waals surface area contributed by atoms with E-state index in [1.165, 1.54) is 18.2 Å². The third kappa shape index (κ3) is 5.86. The maximum Gasteiger partial charge on any atom is 0.241 e. The van der Waals surface area contributed by atoms with Crippen LogP contribution in [-0.2, 0) is 14.8 Å². The van der Waals surface area contributed by atoms with E-state index in [9.17, 15) is 13.2 Å². The van der Waals surface area contributed by atoms with E-state index in [2.05, 4.69) is 5.32 Å². The Hall–Kier alpha value is -1.76. The molecular weight excluding hydrogens is 407 g/mol. The molecule has 0 bridgehead atoms. The molecule has 1 N–H and O–H groups in total. The van der Waals surface area contributed by atoms with Crippen LogP contribution in [0.1, 0.15) is 30.5 Å². The van der Waals surface area contributed by atoms with E-state index in [1.54, 1.807) is 0 Å². The van der Waals surface area contributed by atoms with Crippen molar-refractivity contribution < 1.29 is 13.2 Å². The molecule has 0 spiro atoms. The van der Waals surface area contributed by atoms with Gasteiger partial charge in [0.05, 0.1) is 23.0 Å². The van der Waals surface area contributed by atoms with Crippen molar-refractivity contribution in [2.45, 2.75) is 26.3 Å². The number of aryl methyl sites for hydroxylation is 1. The zero-order chi connectivity index (χ0) is 20.2. The topological polar surface area (TPSA) is 66.5 Å². The van der Waals surface area contributed by atoms with Crippen LogP contribution in [0.2, 0.25) is 10.0 Å². The molecule has 0 saturated heterocycles. The lowest BCUT2D eigenvalue weighted by Gasteiger charge is -2.25. The number of carbonyl (C=O) groups excluding carboxylic acids is 1. The first-order chi connectivity index (χ1) is 12.6. The van der Waals surface area contributed by atoms with Crippen LogP contribution in [0.3, 0.4) is 0 Å². The number of nitrogens with one attached hydrogen (secondary N) is 1. The molecule has 146 valence electrons. The summed E-state index contributed by atoms with van der Waals surface area (Å²) < 4.78 is 25.4. The van der Waals surface area contributed by atoms with E-state index >= 15 is 0 Å². The molecule has 0 heterocycles. The number of hydrogen-bond donors (Lipinski definition) is 1. The van der Waals surface area contributed by atoms with Crippen molar-refractivity contribution >= 4 is 44.8 Å². The maximum absolute atomic E-state index is 12.6. The minimum absolute atomic E-state index is 0.159. The van der Waals surface area contributed by atoms with Crippen LogP contribution in [-0.4, -0.2) is 27.1 Å². The zero-order valence-electron chi connectivity index (χ0n) is 15.4. The van der Waals surface area contributed by atoms with E-state index in [4.69, 9.17) is 23.2 Å². The van der Waals surface area contributed by atoms with Crippen molar-refractivity contribution in [1.82, 2.24) is 5.32 Å². The van der Waals surface area contributed by atoms with Gasteiger partial charge in [0.15, 0.2) is 0 Å². The van der Waals surface area contributed by atoms with E-state index in [-0.39, 0.29) is 23.3 Å². The summed E-state index contributed by atoms with van der Waals surface area (Å²) in [6.07, 6.45) is 1.71. The van der Waals surface area contributed by atoms with Gasteiger partial charge in [0.1, 0.15) is 6.54 Å². The third-order valence-electron chi connectivity index (χ3n) is 4.09. The second kappa shape index (κ2) is 8.95. The number of carbonyl (C=O) groups is 1. The molecule has 1 unspecified atom stereocenters. The summed E-state index contributed by atoms with van der Waals surface area (Å²) in [5.74, 6) is -0.418. The molecule has 8 heteroatoms. The standard InChI is InChI=1S/C19H22Cl2N2O3S/c1-4-17(14-7-5-13(2)6-8-14)22-19(24)12-23(27(3,25)26)18-10-9-15(20)11-16(18)21/h5-11,17H,4,12H2,1-3H3,(H,22,24). The van der Waals surface area contributed by atoms with Gasteiger partial charge in [0, 0.05) is 5.02 Å². The second-order valence-corrected chi connectivity index (χ2v) is 9.05. The summed E-state index contributed by atoms with van der Waals surface area (Å²) in [7, 11) is -3.72. The van der Waals surface area contributed by atoms with E-state index in [0.29, 0.717) is 11.4 Å². The third-order valence-corrected chi connectivity index (χ3v) is 5.75. The zero-order valence-corrected chi connectivity index (χ0v) is 17.7. The lowest BCUT2D eigenvalue weighted by Crippen LogP contribution is -2.41. The summed E-state index contributed by atoms with van der Waals surface area (Å²) in [4.78, 5) is 12.6. The first-order valence-corrected chi connectivity index (χ1v) is 11.0. The fourth-order valence-electron chi connectivity index (χ4n) is 2.65. The molecule has 0 aliphatic carbocycles. The highest BCUT2D eigenvalue weighted by Gasteiger charge is 2.24. The molecule has 2 rings (SSSR count). The first-order valence-electron chi connectivity index (χ1n) is 8.40. The molecule has 0 aromatic heterocycles. The molecule has 0 aliphatic heterocycles. The van der Waals surface area contributed by atoms with E-state index in [1.807, 2.05) is 38.1 Å². The van der Waals surface area contributed by atoms with Crippen molar-refractivity contribution in [1.29, 1.82) is 0 Å². The Morgan fingerprint density at radius 3 is 2.30 bits per heavy atom. The van der Waals surface area contributed by atoms with Gasteiger partial charge in [0.25, 0.3) is 0 Å². The molecule has 0 radical (unpaired) electrons. The summed E-state index contributed by atoms with van der Waals surface area (Å²) in [5.41, 5.74) is 2.30. The number of halogens is 2. The van der Waals surface area contributed by atoms with Gasteiger partial charge in [-0.2, -0.15) is 0 Å². The van der Waals surface area contributed by atoms with Gasteiger partial charge < -0.3 is 5.32 Å². The Kier molecular flexibility index (Phi) is 7.14. The SMILES string of the molecule is CCC(NC(=O)CN(c1ccc(Cl)cc1Cl)S(C)(=O)=O)c1ccc(C)cc1. The first kappa shape index (κ1) is 21.5. The second-order valence-electron chi connectivity index (χ2n) is 6.30. The summed E-state index contributed by atoms with van der Waals surface area (Å²) >= 11 is 12.0. The van der Waals surface area contributed by atoms with Crippen molar-refractivity contribution in [3.8, 4) is 0 Å². The minimum Gasteiger partial charge on any atom is -0.348 e. The quantitative estimate of drug-likeness (QED) is 0.712. The predicted molar refractivity (Wildman–Crippen MR) is 111 cm³/mol. The van der Waals surface area contributed by atoms with Crippen molar-refractivity contribution in [2.75, 3.05) is 17.1 Å². The van der Waals surface area contributed by atoms with Gasteiger partial charge in [-0.25, -0.2) is 8.42 Å². The number of benzene rings is 2. The highest BCUT2D eigenvalue weighted by Crippen LogP contribution is 2.30. The van der Waals surface area contributed by atoms with Crippen molar-refractivity contribution in [3.63, 3.8) is 0 Å². The largest absolute Gasteiger partial charge is 0.348 e. The lowest BCUT2D eigenvalue weighted by molar-refractivity contribution is -0.120. The fraction of sp³-hybridized carbons (Fsp3) is 0.316. The number of hydrogen-bond acceptors (Lipinski definition) is 3. The van der Waals surface area contributed by atoms with Crippen LogP contribution in [0.5, 0.6) is 0 Å². The lowest BCUT2D eigenvalue weighted by atomic mass is 10.0. The summed E-state index contributed by atoms with van der Waals surface area (Å²) in [6.45, 7) is 3.57. The smallest absolute Gasteiger partial charge is 0.241 e. The Balaban J connectivity index is 2.22. The molecule has 0 aliphatic rings. The molecule has 0 saturated carbocycles. The summed E-state index contributed by atoms with van der Waals surface area (Å²) in [5, 5.41) is 3.43. The Morgan fingerprint density at radius 1 is 1.15 bits per heavy atom. The molecule has 1 atom stereocenters. The van der Waals surface area contributed by atoms with Crippen LogP contribution >= 0.6 is 23.2 Å². The number of rotatable bonds is 7. The molecule has 2 aromatic carbocycles. The average Bonchev–Trinajstić information content (AvgIpc) is 2.58. The average molecular weight is 429 g/mol. The monoisotopic (exact) mass is 428 g/mol.